The van der Waals surface area contributed by atoms with Crippen molar-refractivity contribution in [2.24, 2.45) is 0 Å². The van der Waals surface area contributed by atoms with E-state index in [2.05, 4.69) is 54.0 Å². The Morgan fingerprint density at radius 2 is 1.86 bits per heavy atom. The Labute approximate surface area is 130 Å². The lowest BCUT2D eigenvalue weighted by Gasteiger charge is -2.49. The molecule has 0 N–H and O–H groups in total. The maximum Gasteiger partial charge on any atom is 0.0223 e. The van der Waals surface area contributed by atoms with E-state index in [1.165, 1.54) is 63.8 Å². The van der Waals surface area contributed by atoms with Crippen LogP contribution in [0.1, 0.15) is 45.1 Å². The van der Waals surface area contributed by atoms with Crippen LogP contribution in [0.4, 0.5) is 0 Å². The lowest BCUT2D eigenvalue weighted by atomic mass is 9.90. The molecule has 1 aromatic carbocycles. The summed E-state index contributed by atoms with van der Waals surface area (Å²) in [6.45, 7) is 10.0. The van der Waals surface area contributed by atoms with Gasteiger partial charge in [-0.05, 0) is 51.6 Å². The van der Waals surface area contributed by atoms with Crippen molar-refractivity contribution in [2.45, 2.75) is 57.5 Å². The number of piperazine rings is 1. The van der Waals surface area contributed by atoms with Gasteiger partial charge in [0.25, 0.3) is 0 Å². The minimum Gasteiger partial charge on any atom is -0.298 e. The van der Waals surface area contributed by atoms with E-state index in [0.29, 0.717) is 5.54 Å². The normalized spacial score (nSPS) is 24.8. The molecule has 0 saturated carbocycles. The van der Waals surface area contributed by atoms with Crippen LogP contribution in [-0.2, 0) is 6.42 Å². The highest BCUT2D eigenvalue weighted by molar-refractivity contribution is 5.15. The average Bonchev–Trinajstić information content (AvgIpc) is 2.53. The Hall–Kier alpha value is -0.860. The highest BCUT2D eigenvalue weighted by atomic mass is 15.3. The molecule has 116 valence electrons. The standard InChI is InChI=1S/C19H30N2/c1-19(2,12-11-17-8-4-3-5-9-17)21-15-14-20-13-7-6-10-18(20)16-21/h3-5,8-9,18H,6-7,10-16H2,1-2H3. The number of benzene rings is 1. The second kappa shape index (κ2) is 6.50. The van der Waals surface area contributed by atoms with Gasteiger partial charge in [-0.3, -0.25) is 9.80 Å². The number of rotatable bonds is 4. The Morgan fingerprint density at radius 3 is 2.67 bits per heavy atom. The minimum atomic E-state index is 0.319. The summed E-state index contributed by atoms with van der Waals surface area (Å²) >= 11 is 0. The lowest BCUT2D eigenvalue weighted by molar-refractivity contribution is -0.00359. The molecule has 1 atom stereocenters. The summed E-state index contributed by atoms with van der Waals surface area (Å²) in [6.07, 6.45) is 6.70. The van der Waals surface area contributed by atoms with Gasteiger partial charge in [-0.1, -0.05) is 36.8 Å². The third-order valence-corrected chi connectivity index (χ3v) is 5.56. The molecule has 2 aliphatic rings. The summed E-state index contributed by atoms with van der Waals surface area (Å²) in [5, 5.41) is 0. The first-order valence-electron chi connectivity index (χ1n) is 8.68. The van der Waals surface area contributed by atoms with Crippen LogP contribution < -0.4 is 0 Å². The van der Waals surface area contributed by atoms with Crippen molar-refractivity contribution < 1.29 is 0 Å². The molecule has 0 radical (unpaired) electrons. The highest BCUT2D eigenvalue weighted by Crippen LogP contribution is 2.28. The van der Waals surface area contributed by atoms with Crippen LogP contribution in [0.5, 0.6) is 0 Å². The van der Waals surface area contributed by atoms with Crippen LogP contribution >= 0.6 is 0 Å². The summed E-state index contributed by atoms with van der Waals surface area (Å²) in [7, 11) is 0. The monoisotopic (exact) mass is 286 g/mol. The van der Waals surface area contributed by atoms with Crippen LogP contribution in [0.25, 0.3) is 0 Å². The van der Waals surface area contributed by atoms with Crippen LogP contribution in [0, 0.1) is 0 Å². The molecule has 1 unspecified atom stereocenters. The lowest BCUT2D eigenvalue weighted by Crippen LogP contribution is -2.60. The molecular formula is C19H30N2. The van der Waals surface area contributed by atoms with E-state index in [4.69, 9.17) is 0 Å². The molecule has 2 fully saturated rings. The van der Waals surface area contributed by atoms with Gasteiger partial charge in [0.15, 0.2) is 0 Å². The van der Waals surface area contributed by atoms with Gasteiger partial charge < -0.3 is 0 Å². The highest BCUT2D eigenvalue weighted by Gasteiger charge is 2.35. The van der Waals surface area contributed by atoms with E-state index in [0.717, 1.165) is 6.04 Å². The molecule has 2 nitrogen and oxygen atoms in total. The summed E-state index contributed by atoms with van der Waals surface area (Å²) in [5.74, 6) is 0. The topological polar surface area (TPSA) is 6.48 Å². The van der Waals surface area contributed by atoms with Gasteiger partial charge in [0, 0.05) is 31.2 Å². The summed E-state index contributed by atoms with van der Waals surface area (Å²) in [6, 6.07) is 11.8. The molecule has 0 amide bonds. The molecule has 2 saturated heterocycles. The van der Waals surface area contributed by atoms with Gasteiger partial charge in [0.05, 0.1) is 0 Å². The third kappa shape index (κ3) is 3.67. The molecule has 0 spiro atoms. The van der Waals surface area contributed by atoms with Crippen molar-refractivity contribution in [3.8, 4) is 0 Å². The molecule has 0 aromatic heterocycles. The quantitative estimate of drug-likeness (QED) is 0.835. The predicted molar refractivity (Wildman–Crippen MR) is 89.6 cm³/mol. The van der Waals surface area contributed by atoms with Gasteiger partial charge in [0.2, 0.25) is 0 Å². The van der Waals surface area contributed by atoms with E-state index in [9.17, 15) is 0 Å². The van der Waals surface area contributed by atoms with E-state index in [-0.39, 0.29) is 0 Å². The van der Waals surface area contributed by atoms with Crippen molar-refractivity contribution in [2.75, 3.05) is 26.2 Å². The molecule has 0 bridgehead atoms. The van der Waals surface area contributed by atoms with Crippen molar-refractivity contribution >= 4 is 0 Å². The number of aryl methyl sites for hydroxylation is 1. The fraction of sp³-hybridized carbons (Fsp3) is 0.684. The molecule has 1 aromatic rings. The zero-order valence-corrected chi connectivity index (χ0v) is 13.7. The van der Waals surface area contributed by atoms with E-state index >= 15 is 0 Å². The first-order valence-corrected chi connectivity index (χ1v) is 8.68. The molecule has 21 heavy (non-hydrogen) atoms. The predicted octanol–water partition coefficient (Wildman–Crippen LogP) is 3.57. The van der Waals surface area contributed by atoms with Crippen molar-refractivity contribution in [1.82, 2.24) is 9.80 Å². The first kappa shape index (κ1) is 15.1. The zero-order chi connectivity index (χ0) is 14.7. The second-order valence-corrected chi connectivity index (χ2v) is 7.43. The number of hydrogen-bond donors (Lipinski definition) is 0. The van der Waals surface area contributed by atoms with Gasteiger partial charge in [-0.15, -0.1) is 0 Å². The van der Waals surface area contributed by atoms with Crippen molar-refractivity contribution in [3.05, 3.63) is 35.9 Å². The Kier molecular flexibility index (Phi) is 4.66. The van der Waals surface area contributed by atoms with Gasteiger partial charge in [-0.25, -0.2) is 0 Å². The van der Waals surface area contributed by atoms with Gasteiger partial charge >= 0.3 is 0 Å². The summed E-state index contributed by atoms with van der Waals surface area (Å²) in [4.78, 5) is 5.48. The van der Waals surface area contributed by atoms with Crippen LogP contribution in [0.3, 0.4) is 0 Å². The van der Waals surface area contributed by atoms with Gasteiger partial charge in [-0.2, -0.15) is 0 Å². The maximum atomic E-state index is 2.75. The Bertz CT molecular complexity index is 440. The molecule has 3 rings (SSSR count). The minimum absolute atomic E-state index is 0.319. The molecule has 2 aliphatic heterocycles. The number of hydrogen-bond acceptors (Lipinski definition) is 2. The van der Waals surface area contributed by atoms with Crippen molar-refractivity contribution in [1.29, 1.82) is 0 Å². The van der Waals surface area contributed by atoms with E-state index in [1.807, 2.05) is 0 Å². The maximum absolute atomic E-state index is 2.75. The van der Waals surface area contributed by atoms with Crippen LogP contribution in [0.15, 0.2) is 30.3 Å². The Morgan fingerprint density at radius 1 is 1.05 bits per heavy atom. The molecule has 2 heteroatoms. The SMILES string of the molecule is CC(C)(CCc1ccccc1)N1CCN2CCCCC2C1. The fourth-order valence-electron chi connectivity index (χ4n) is 3.96. The first-order chi connectivity index (χ1) is 10.1. The van der Waals surface area contributed by atoms with Crippen LogP contribution in [0.2, 0.25) is 0 Å². The summed E-state index contributed by atoms with van der Waals surface area (Å²) < 4.78 is 0. The molecule has 0 aliphatic carbocycles. The Balaban J connectivity index is 1.57. The largest absolute Gasteiger partial charge is 0.298 e. The van der Waals surface area contributed by atoms with Gasteiger partial charge in [0.1, 0.15) is 0 Å². The third-order valence-electron chi connectivity index (χ3n) is 5.56. The fourth-order valence-corrected chi connectivity index (χ4v) is 3.96. The number of nitrogens with zero attached hydrogens (tertiary/aromatic N) is 2. The smallest absolute Gasteiger partial charge is 0.0223 e. The van der Waals surface area contributed by atoms with E-state index < -0.39 is 0 Å². The second-order valence-electron chi connectivity index (χ2n) is 7.43. The molecular weight excluding hydrogens is 256 g/mol. The molecule has 2 heterocycles. The zero-order valence-electron chi connectivity index (χ0n) is 13.7. The number of fused-ring (bicyclic) bond motifs is 1. The van der Waals surface area contributed by atoms with E-state index in [1.54, 1.807) is 0 Å². The number of piperidine rings is 1. The van der Waals surface area contributed by atoms with Crippen molar-refractivity contribution in [3.63, 3.8) is 0 Å². The summed E-state index contributed by atoms with van der Waals surface area (Å²) in [5.41, 5.74) is 1.79. The average molecular weight is 286 g/mol. The van der Waals surface area contributed by atoms with Crippen LogP contribution in [-0.4, -0.2) is 47.6 Å².